The number of rotatable bonds is 5. The largest absolute Gasteiger partial charge is 0.419 e. The van der Waals surface area contributed by atoms with Crippen molar-refractivity contribution in [1.29, 1.82) is 0 Å². The van der Waals surface area contributed by atoms with Crippen molar-refractivity contribution in [1.82, 2.24) is 20.1 Å². The number of pyridine rings is 1. The third-order valence-electron chi connectivity index (χ3n) is 4.77. The van der Waals surface area contributed by atoms with Crippen LogP contribution >= 0.6 is 11.6 Å². The fourth-order valence-electron chi connectivity index (χ4n) is 3.39. The summed E-state index contributed by atoms with van der Waals surface area (Å²) in [7, 11) is 0. The van der Waals surface area contributed by atoms with E-state index in [0.29, 0.717) is 22.5 Å². The molecule has 3 aromatic rings. The molecule has 1 saturated carbocycles. The van der Waals surface area contributed by atoms with E-state index in [1.807, 2.05) is 23.1 Å². The van der Waals surface area contributed by atoms with Crippen LogP contribution < -0.4 is 0 Å². The van der Waals surface area contributed by atoms with Crippen molar-refractivity contribution < 1.29 is 9.21 Å². The SMILES string of the molecule is O=C(c1ccccn1)N(Cc1nnc(-c2ccc(Cl)cc2)o1)C1CCCC1. The smallest absolute Gasteiger partial charge is 0.273 e. The predicted molar refractivity (Wildman–Crippen MR) is 101 cm³/mol. The van der Waals surface area contributed by atoms with Crippen molar-refractivity contribution >= 4 is 17.5 Å². The van der Waals surface area contributed by atoms with Gasteiger partial charge in [-0.05, 0) is 49.2 Å². The molecule has 0 spiro atoms. The number of nitrogens with zero attached hydrogens (tertiary/aromatic N) is 4. The lowest BCUT2D eigenvalue weighted by Gasteiger charge is -2.27. The monoisotopic (exact) mass is 382 g/mol. The lowest BCUT2D eigenvalue weighted by molar-refractivity contribution is 0.0639. The fraction of sp³-hybridized carbons (Fsp3) is 0.300. The summed E-state index contributed by atoms with van der Waals surface area (Å²) in [5.74, 6) is 0.725. The molecule has 7 heteroatoms. The summed E-state index contributed by atoms with van der Waals surface area (Å²) in [5.41, 5.74) is 1.23. The van der Waals surface area contributed by atoms with Crippen LogP contribution in [0.2, 0.25) is 5.02 Å². The Morgan fingerprint density at radius 2 is 1.89 bits per heavy atom. The first kappa shape index (κ1) is 17.7. The van der Waals surface area contributed by atoms with E-state index in [-0.39, 0.29) is 18.5 Å². The van der Waals surface area contributed by atoms with E-state index < -0.39 is 0 Å². The molecule has 0 radical (unpaired) electrons. The Hall–Kier alpha value is -2.73. The minimum Gasteiger partial charge on any atom is -0.419 e. The maximum atomic E-state index is 13.0. The third kappa shape index (κ3) is 4.01. The van der Waals surface area contributed by atoms with Crippen molar-refractivity contribution in [3.8, 4) is 11.5 Å². The maximum Gasteiger partial charge on any atom is 0.273 e. The molecule has 6 nitrogen and oxygen atoms in total. The molecule has 1 aliphatic rings. The van der Waals surface area contributed by atoms with E-state index in [2.05, 4.69) is 15.2 Å². The molecule has 0 aliphatic heterocycles. The van der Waals surface area contributed by atoms with Crippen LogP contribution in [0.4, 0.5) is 0 Å². The number of benzene rings is 1. The summed E-state index contributed by atoms with van der Waals surface area (Å²) < 4.78 is 5.81. The second-order valence-electron chi connectivity index (χ2n) is 6.59. The average Bonchev–Trinajstić information content (AvgIpc) is 3.39. The van der Waals surface area contributed by atoms with Crippen LogP contribution in [0.5, 0.6) is 0 Å². The summed E-state index contributed by atoms with van der Waals surface area (Å²) in [4.78, 5) is 19.0. The zero-order valence-corrected chi connectivity index (χ0v) is 15.5. The highest BCUT2D eigenvalue weighted by molar-refractivity contribution is 6.30. The second kappa shape index (κ2) is 7.88. The number of hydrogen-bond donors (Lipinski definition) is 0. The average molecular weight is 383 g/mol. The van der Waals surface area contributed by atoms with E-state index >= 15 is 0 Å². The van der Waals surface area contributed by atoms with Crippen LogP contribution in [-0.2, 0) is 6.54 Å². The molecule has 0 unspecified atom stereocenters. The van der Waals surface area contributed by atoms with Crippen molar-refractivity contribution in [3.05, 3.63) is 65.3 Å². The van der Waals surface area contributed by atoms with Crippen LogP contribution in [0.3, 0.4) is 0 Å². The van der Waals surface area contributed by atoms with E-state index in [1.54, 1.807) is 30.5 Å². The van der Waals surface area contributed by atoms with Crippen molar-refractivity contribution in [2.24, 2.45) is 0 Å². The minimum atomic E-state index is -0.103. The summed E-state index contributed by atoms with van der Waals surface area (Å²) in [6.45, 7) is 0.278. The van der Waals surface area contributed by atoms with Gasteiger partial charge >= 0.3 is 0 Å². The summed E-state index contributed by atoms with van der Waals surface area (Å²) in [6, 6.07) is 12.7. The second-order valence-corrected chi connectivity index (χ2v) is 7.03. The van der Waals surface area contributed by atoms with Crippen LogP contribution in [-0.4, -0.2) is 32.0 Å². The van der Waals surface area contributed by atoms with Gasteiger partial charge in [-0.1, -0.05) is 30.5 Å². The third-order valence-corrected chi connectivity index (χ3v) is 5.03. The van der Waals surface area contributed by atoms with Crippen LogP contribution in [0.1, 0.15) is 42.1 Å². The Morgan fingerprint density at radius 3 is 2.59 bits per heavy atom. The molecule has 2 aromatic heterocycles. The molecule has 27 heavy (non-hydrogen) atoms. The molecule has 138 valence electrons. The lowest BCUT2D eigenvalue weighted by atomic mass is 10.2. The Bertz CT molecular complexity index is 905. The van der Waals surface area contributed by atoms with E-state index in [1.165, 1.54) is 0 Å². The Kier molecular flexibility index (Phi) is 5.16. The maximum absolute atomic E-state index is 13.0. The molecule has 0 bridgehead atoms. The van der Waals surface area contributed by atoms with Gasteiger partial charge < -0.3 is 9.32 Å². The molecule has 4 rings (SSSR count). The van der Waals surface area contributed by atoms with Crippen LogP contribution in [0.25, 0.3) is 11.5 Å². The number of amides is 1. The van der Waals surface area contributed by atoms with Gasteiger partial charge in [0.15, 0.2) is 0 Å². The molecule has 1 aliphatic carbocycles. The Morgan fingerprint density at radius 1 is 1.11 bits per heavy atom. The van der Waals surface area contributed by atoms with Gasteiger partial charge in [-0.3, -0.25) is 9.78 Å². The molecule has 0 atom stereocenters. The van der Waals surface area contributed by atoms with Crippen molar-refractivity contribution in [2.75, 3.05) is 0 Å². The van der Waals surface area contributed by atoms with Crippen molar-refractivity contribution in [3.63, 3.8) is 0 Å². The first-order valence-corrected chi connectivity index (χ1v) is 9.39. The van der Waals surface area contributed by atoms with Gasteiger partial charge in [0.25, 0.3) is 5.91 Å². The normalized spacial score (nSPS) is 14.4. The molecular formula is C20H19ClN4O2. The molecule has 1 aromatic carbocycles. The molecule has 2 heterocycles. The van der Waals surface area contributed by atoms with Gasteiger partial charge in [-0.15, -0.1) is 10.2 Å². The quantitative estimate of drug-likeness (QED) is 0.655. The van der Waals surface area contributed by atoms with Gasteiger partial charge in [0, 0.05) is 22.8 Å². The highest BCUT2D eigenvalue weighted by Crippen LogP contribution is 2.27. The minimum absolute atomic E-state index is 0.103. The predicted octanol–water partition coefficient (Wildman–Crippen LogP) is 4.37. The summed E-state index contributed by atoms with van der Waals surface area (Å²) in [6.07, 6.45) is 5.84. The van der Waals surface area contributed by atoms with E-state index in [0.717, 1.165) is 31.2 Å². The molecule has 1 fully saturated rings. The lowest BCUT2D eigenvalue weighted by Crippen LogP contribution is -2.38. The Balaban J connectivity index is 1.57. The first-order chi connectivity index (χ1) is 13.2. The molecular weight excluding hydrogens is 364 g/mol. The number of carbonyl (C=O) groups excluding carboxylic acids is 1. The summed E-state index contributed by atoms with van der Waals surface area (Å²) >= 11 is 5.92. The van der Waals surface area contributed by atoms with E-state index in [9.17, 15) is 4.79 Å². The Labute approximate surface area is 162 Å². The van der Waals surface area contributed by atoms with Gasteiger partial charge in [0.1, 0.15) is 5.69 Å². The van der Waals surface area contributed by atoms with Crippen molar-refractivity contribution in [2.45, 2.75) is 38.3 Å². The zero-order valence-electron chi connectivity index (χ0n) is 14.7. The number of carbonyl (C=O) groups is 1. The van der Waals surface area contributed by atoms with Crippen LogP contribution in [0, 0.1) is 0 Å². The van der Waals surface area contributed by atoms with Gasteiger partial charge in [0.2, 0.25) is 11.8 Å². The highest BCUT2D eigenvalue weighted by Gasteiger charge is 2.29. The number of halogens is 1. The standard InChI is InChI=1S/C20H19ClN4O2/c21-15-10-8-14(9-11-15)19-24-23-18(27-19)13-25(16-5-1-2-6-16)20(26)17-7-3-4-12-22-17/h3-4,7-12,16H,1-2,5-6,13H2. The van der Waals surface area contributed by atoms with Crippen LogP contribution in [0.15, 0.2) is 53.1 Å². The first-order valence-electron chi connectivity index (χ1n) is 9.01. The van der Waals surface area contributed by atoms with Gasteiger partial charge in [0.05, 0.1) is 6.54 Å². The number of hydrogen-bond acceptors (Lipinski definition) is 5. The highest BCUT2D eigenvalue weighted by atomic mass is 35.5. The fourth-order valence-corrected chi connectivity index (χ4v) is 3.52. The van der Waals surface area contributed by atoms with Gasteiger partial charge in [-0.25, -0.2) is 0 Å². The molecule has 1 amide bonds. The topological polar surface area (TPSA) is 72.1 Å². The van der Waals surface area contributed by atoms with E-state index in [4.69, 9.17) is 16.0 Å². The number of aromatic nitrogens is 3. The zero-order chi connectivity index (χ0) is 18.6. The summed E-state index contributed by atoms with van der Waals surface area (Å²) in [5, 5.41) is 8.90. The molecule has 0 saturated heterocycles. The molecule has 0 N–H and O–H groups in total. The van der Waals surface area contributed by atoms with Gasteiger partial charge in [-0.2, -0.15) is 0 Å².